The van der Waals surface area contributed by atoms with Crippen LogP contribution in [0.2, 0.25) is 0 Å². The van der Waals surface area contributed by atoms with Crippen LogP contribution in [0.5, 0.6) is 0 Å². The maximum atomic E-state index is 4.54. The average Bonchev–Trinajstić information content (AvgIpc) is 2.76. The van der Waals surface area contributed by atoms with Gasteiger partial charge in [0.05, 0.1) is 18.4 Å². The predicted octanol–water partition coefficient (Wildman–Crippen LogP) is 0.566. The lowest BCUT2D eigenvalue weighted by Crippen LogP contribution is -2.21. The molecule has 2 heterocycles. The summed E-state index contributed by atoms with van der Waals surface area (Å²) in [6.45, 7) is 1.43. The number of nitrogens with zero attached hydrogens (tertiary/aromatic N) is 5. The zero-order chi connectivity index (χ0) is 13.0. The second-order valence-corrected chi connectivity index (χ2v) is 4.21. The molecule has 0 fully saturated rings. The van der Waals surface area contributed by atoms with E-state index >= 15 is 0 Å². The highest BCUT2D eigenvalue weighted by Crippen LogP contribution is 2.10. The van der Waals surface area contributed by atoms with Crippen molar-refractivity contribution in [2.75, 3.05) is 19.0 Å². The molecule has 0 aliphatic heterocycles. The summed E-state index contributed by atoms with van der Waals surface area (Å²) < 4.78 is 2.00. The van der Waals surface area contributed by atoms with Gasteiger partial charge in [0.2, 0.25) is 0 Å². The van der Waals surface area contributed by atoms with Crippen molar-refractivity contribution >= 4 is 5.82 Å². The summed E-state index contributed by atoms with van der Waals surface area (Å²) in [4.78, 5) is 15.1. The van der Waals surface area contributed by atoms with E-state index in [0.717, 1.165) is 23.9 Å². The molecule has 0 aliphatic rings. The SMILES string of the molecule is CNCc1cncc(N(C)Cc2nccn2C)n1. The number of hydrogen-bond donors (Lipinski definition) is 1. The van der Waals surface area contributed by atoms with Gasteiger partial charge in [-0.25, -0.2) is 9.97 Å². The van der Waals surface area contributed by atoms with Crippen LogP contribution >= 0.6 is 0 Å². The van der Waals surface area contributed by atoms with Crippen molar-refractivity contribution in [3.8, 4) is 0 Å². The van der Waals surface area contributed by atoms with Crippen molar-refractivity contribution in [3.05, 3.63) is 36.3 Å². The average molecular weight is 246 g/mol. The Hall–Kier alpha value is -1.95. The largest absolute Gasteiger partial charge is 0.351 e. The minimum Gasteiger partial charge on any atom is -0.351 e. The van der Waals surface area contributed by atoms with E-state index in [4.69, 9.17) is 0 Å². The molecule has 6 heteroatoms. The first-order valence-corrected chi connectivity index (χ1v) is 5.83. The highest BCUT2D eigenvalue weighted by atomic mass is 15.2. The van der Waals surface area contributed by atoms with E-state index in [2.05, 4.69) is 20.3 Å². The summed E-state index contributed by atoms with van der Waals surface area (Å²) in [5.74, 6) is 1.85. The van der Waals surface area contributed by atoms with Crippen molar-refractivity contribution in [2.45, 2.75) is 13.1 Å². The van der Waals surface area contributed by atoms with Crippen molar-refractivity contribution in [1.29, 1.82) is 0 Å². The summed E-state index contributed by atoms with van der Waals surface area (Å²) in [6, 6.07) is 0. The van der Waals surface area contributed by atoms with Crippen LogP contribution in [0, 0.1) is 0 Å². The van der Waals surface area contributed by atoms with E-state index in [1.54, 1.807) is 18.6 Å². The first-order valence-electron chi connectivity index (χ1n) is 5.83. The van der Waals surface area contributed by atoms with Gasteiger partial charge in [0, 0.05) is 39.2 Å². The van der Waals surface area contributed by atoms with Gasteiger partial charge in [0.25, 0.3) is 0 Å². The Balaban J connectivity index is 2.11. The fraction of sp³-hybridized carbons (Fsp3) is 0.417. The van der Waals surface area contributed by atoms with Crippen LogP contribution in [-0.2, 0) is 20.1 Å². The van der Waals surface area contributed by atoms with Crippen LogP contribution in [0.1, 0.15) is 11.5 Å². The highest BCUT2D eigenvalue weighted by Gasteiger charge is 2.07. The Morgan fingerprint density at radius 2 is 2.22 bits per heavy atom. The maximum absolute atomic E-state index is 4.54. The van der Waals surface area contributed by atoms with E-state index in [1.807, 2.05) is 36.8 Å². The molecule has 0 spiro atoms. The lowest BCUT2D eigenvalue weighted by atomic mass is 10.4. The van der Waals surface area contributed by atoms with E-state index in [-0.39, 0.29) is 0 Å². The van der Waals surface area contributed by atoms with Gasteiger partial charge in [-0.3, -0.25) is 4.98 Å². The van der Waals surface area contributed by atoms with E-state index < -0.39 is 0 Å². The van der Waals surface area contributed by atoms with Gasteiger partial charge in [-0.05, 0) is 7.05 Å². The smallest absolute Gasteiger partial charge is 0.147 e. The minimum absolute atomic E-state index is 0.710. The van der Waals surface area contributed by atoms with Crippen molar-refractivity contribution in [1.82, 2.24) is 24.8 Å². The molecule has 6 nitrogen and oxygen atoms in total. The molecule has 0 aliphatic carbocycles. The predicted molar refractivity (Wildman–Crippen MR) is 70.1 cm³/mol. The Bertz CT molecular complexity index is 507. The molecule has 0 radical (unpaired) electrons. The molecule has 0 bridgehead atoms. The summed E-state index contributed by atoms with van der Waals surface area (Å²) in [5, 5.41) is 3.07. The third-order valence-electron chi connectivity index (χ3n) is 2.72. The zero-order valence-electron chi connectivity index (χ0n) is 11.0. The Morgan fingerprint density at radius 3 is 2.89 bits per heavy atom. The number of imidazole rings is 1. The highest BCUT2D eigenvalue weighted by molar-refractivity contribution is 5.35. The van der Waals surface area contributed by atoms with E-state index in [0.29, 0.717) is 6.54 Å². The number of rotatable bonds is 5. The monoisotopic (exact) mass is 246 g/mol. The topological polar surface area (TPSA) is 58.9 Å². The first kappa shape index (κ1) is 12.5. The second-order valence-electron chi connectivity index (χ2n) is 4.21. The van der Waals surface area contributed by atoms with Crippen molar-refractivity contribution < 1.29 is 0 Å². The molecule has 0 aromatic carbocycles. The number of hydrogen-bond acceptors (Lipinski definition) is 5. The fourth-order valence-corrected chi connectivity index (χ4v) is 1.69. The molecule has 0 saturated carbocycles. The van der Waals surface area contributed by atoms with Crippen LogP contribution in [-0.4, -0.2) is 33.6 Å². The molecule has 0 atom stereocenters. The van der Waals surface area contributed by atoms with Crippen LogP contribution in [0.15, 0.2) is 24.8 Å². The van der Waals surface area contributed by atoms with Gasteiger partial charge in [-0.1, -0.05) is 0 Å². The standard InChI is InChI=1S/C12H18N6/c1-13-6-10-7-14-8-11(16-10)18(3)9-12-15-4-5-17(12)2/h4-5,7-8,13H,6,9H2,1-3H3. The van der Waals surface area contributed by atoms with Gasteiger partial charge < -0.3 is 14.8 Å². The summed E-state index contributed by atoms with van der Waals surface area (Å²) in [7, 11) is 5.87. The molecular formula is C12H18N6. The third-order valence-corrected chi connectivity index (χ3v) is 2.72. The van der Waals surface area contributed by atoms with E-state index in [1.165, 1.54) is 0 Å². The quantitative estimate of drug-likeness (QED) is 0.835. The Labute approximate surface area is 107 Å². The number of nitrogens with one attached hydrogen (secondary N) is 1. The molecule has 0 saturated heterocycles. The lowest BCUT2D eigenvalue weighted by molar-refractivity contribution is 0.741. The number of aryl methyl sites for hydroxylation is 1. The lowest BCUT2D eigenvalue weighted by Gasteiger charge is -2.17. The van der Waals surface area contributed by atoms with Crippen LogP contribution in [0.25, 0.3) is 0 Å². The van der Waals surface area contributed by atoms with Gasteiger partial charge in [0.1, 0.15) is 11.6 Å². The molecule has 96 valence electrons. The van der Waals surface area contributed by atoms with Crippen LogP contribution in [0.3, 0.4) is 0 Å². The minimum atomic E-state index is 0.710. The molecule has 0 amide bonds. The molecular weight excluding hydrogens is 228 g/mol. The van der Waals surface area contributed by atoms with Crippen molar-refractivity contribution in [3.63, 3.8) is 0 Å². The molecule has 1 N–H and O–H groups in total. The number of anilines is 1. The van der Waals surface area contributed by atoms with Gasteiger partial charge >= 0.3 is 0 Å². The fourth-order valence-electron chi connectivity index (χ4n) is 1.69. The van der Waals surface area contributed by atoms with Crippen LogP contribution in [0.4, 0.5) is 5.82 Å². The van der Waals surface area contributed by atoms with Gasteiger partial charge in [-0.2, -0.15) is 0 Å². The maximum Gasteiger partial charge on any atom is 0.147 e. The van der Waals surface area contributed by atoms with Gasteiger partial charge in [0.15, 0.2) is 0 Å². The van der Waals surface area contributed by atoms with Gasteiger partial charge in [-0.15, -0.1) is 0 Å². The summed E-state index contributed by atoms with van der Waals surface area (Å²) in [5.41, 5.74) is 0.932. The second kappa shape index (κ2) is 5.59. The first-order chi connectivity index (χ1) is 8.70. The summed E-state index contributed by atoms with van der Waals surface area (Å²) in [6.07, 6.45) is 7.27. The normalized spacial score (nSPS) is 10.6. The van der Waals surface area contributed by atoms with E-state index in [9.17, 15) is 0 Å². The van der Waals surface area contributed by atoms with Crippen LogP contribution < -0.4 is 10.2 Å². The van der Waals surface area contributed by atoms with Crippen molar-refractivity contribution in [2.24, 2.45) is 7.05 Å². The third kappa shape index (κ3) is 2.84. The summed E-state index contributed by atoms with van der Waals surface area (Å²) >= 11 is 0. The molecule has 2 rings (SSSR count). The molecule has 2 aromatic heterocycles. The Kier molecular flexibility index (Phi) is 3.88. The Morgan fingerprint density at radius 1 is 1.39 bits per heavy atom. The molecule has 0 unspecified atom stereocenters. The zero-order valence-corrected chi connectivity index (χ0v) is 11.0. The number of aromatic nitrogens is 4. The molecule has 2 aromatic rings. The molecule has 18 heavy (non-hydrogen) atoms.